The molecule has 0 spiro atoms. The molecule has 2 N–H and O–H groups in total. The molecule has 0 saturated carbocycles. The minimum absolute atomic E-state index is 0. The minimum Gasteiger partial charge on any atom is -0.378 e. The Labute approximate surface area is 272 Å². The topological polar surface area (TPSA) is 93.4 Å². The number of piperazine rings is 1. The van der Waals surface area contributed by atoms with Crippen molar-refractivity contribution in [3.05, 3.63) is 76.6 Å². The van der Waals surface area contributed by atoms with Crippen molar-refractivity contribution >= 4 is 47.4 Å². The molecule has 0 aliphatic carbocycles. The van der Waals surface area contributed by atoms with Gasteiger partial charge in [-0.25, -0.2) is 0 Å². The fraction of sp³-hybridized carbons (Fsp3) is 0.414. The lowest BCUT2D eigenvalue weighted by molar-refractivity contribution is -0.143. The Kier molecular flexibility index (Phi) is 10.8. The highest BCUT2D eigenvalue weighted by atomic mass is 35.5. The number of hydrogen-bond acceptors (Lipinski definition) is 6. The van der Waals surface area contributed by atoms with Gasteiger partial charge < -0.3 is 19.5 Å². The molecular formula is C29H31Cl2F6N7O2. The van der Waals surface area contributed by atoms with Crippen LogP contribution in [-0.2, 0) is 30.1 Å². The number of rotatable bonds is 6. The van der Waals surface area contributed by atoms with Crippen LogP contribution in [0.15, 0.2) is 48.7 Å². The van der Waals surface area contributed by atoms with Crippen LogP contribution in [0.4, 0.5) is 32.2 Å². The van der Waals surface area contributed by atoms with Crippen molar-refractivity contribution in [2.45, 2.75) is 31.4 Å². The molecule has 2 aromatic heterocycles. The van der Waals surface area contributed by atoms with Gasteiger partial charge in [0.05, 0.1) is 24.3 Å². The number of fused-ring (bicyclic) bond motifs is 1. The average Bonchev–Trinajstić information content (AvgIpc) is 3.63. The van der Waals surface area contributed by atoms with Gasteiger partial charge in [0.1, 0.15) is 5.69 Å². The van der Waals surface area contributed by atoms with Crippen molar-refractivity contribution in [2.24, 2.45) is 0 Å². The van der Waals surface area contributed by atoms with E-state index in [1.165, 1.54) is 4.90 Å². The summed E-state index contributed by atoms with van der Waals surface area (Å²) in [6, 6.07) is 8.02. The molecule has 0 bridgehead atoms. The van der Waals surface area contributed by atoms with Crippen molar-refractivity contribution < 1.29 is 35.9 Å². The molecule has 2 fully saturated rings. The van der Waals surface area contributed by atoms with E-state index in [0.717, 1.165) is 16.5 Å². The first-order valence-electron chi connectivity index (χ1n) is 14.1. The second kappa shape index (κ2) is 14.1. The highest BCUT2D eigenvalue weighted by Gasteiger charge is 2.39. The molecule has 4 heterocycles. The molecule has 2 aromatic carbocycles. The Hall–Kier alpha value is -3.53. The van der Waals surface area contributed by atoms with Gasteiger partial charge in [0.25, 0.3) is 5.91 Å². The third-order valence-electron chi connectivity index (χ3n) is 8.08. The van der Waals surface area contributed by atoms with Crippen molar-refractivity contribution in [2.75, 3.05) is 50.8 Å². The standard InChI is InChI=1S/C29H29F6N7O2.2ClH/c30-28(31,32)20-11-18(12-21(14-20)29(33,34)35)27(43)42-6-5-40(17-25-26(38-39-37-25)41-7-9-44-10-8-41)16-22(42)13-19-15-36-24-4-2-1-3-23(19)24;;/h1-4,11-12,14-15,22,36H,5-10,13,16-17H2,(H,37,38,39);2*1H/t22-;;/m1../s1. The summed E-state index contributed by atoms with van der Waals surface area (Å²) in [6.07, 6.45) is -7.98. The quantitative estimate of drug-likeness (QED) is 0.257. The van der Waals surface area contributed by atoms with E-state index in [1.807, 2.05) is 30.5 Å². The highest BCUT2D eigenvalue weighted by Crippen LogP contribution is 2.37. The number of anilines is 1. The van der Waals surface area contributed by atoms with Crippen LogP contribution < -0.4 is 4.90 Å². The van der Waals surface area contributed by atoms with Gasteiger partial charge in [-0.1, -0.05) is 18.2 Å². The van der Waals surface area contributed by atoms with Crippen LogP contribution in [0.25, 0.3) is 10.9 Å². The molecule has 17 heteroatoms. The molecule has 0 radical (unpaired) electrons. The van der Waals surface area contributed by atoms with E-state index in [0.29, 0.717) is 76.0 Å². The summed E-state index contributed by atoms with van der Waals surface area (Å²) in [5, 5.41) is 12.2. The first-order valence-corrected chi connectivity index (χ1v) is 14.1. The van der Waals surface area contributed by atoms with Gasteiger partial charge in [-0.15, -0.1) is 29.9 Å². The number of carbonyl (C=O) groups excluding carboxylic acids is 1. The number of halogens is 8. The van der Waals surface area contributed by atoms with Gasteiger partial charge in [-0.3, -0.25) is 9.69 Å². The molecule has 250 valence electrons. The Morgan fingerprint density at radius 1 is 0.913 bits per heavy atom. The number of morpholine rings is 1. The largest absolute Gasteiger partial charge is 0.416 e. The van der Waals surface area contributed by atoms with Gasteiger partial charge in [0.2, 0.25) is 0 Å². The van der Waals surface area contributed by atoms with E-state index in [2.05, 4.69) is 30.2 Å². The number of benzene rings is 2. The van der Waals surface area contributed by atoms with Crippen molar-refractivity contribution in [3.8, 4) is 0 Å². The van der Waals surface area contributed by atoms with E-state index < -0.39 is 41.0 Å². The number of aromatic nitrogens is 4. The van der Waals surface area contributed by atoms with Crippen LogP contribution in [0, 0.1) is 0 Å². The Morgan fingerprint density at radius 2 is 1.59 bits per heavy atom. The van der Waals surface area contributed by atoms with Crippen molar-refractivity contribution in [1.29, 1.82) is 0 Å². The van der Waals surface area contributed by atoms with Crippen LogP contribution in [0.2, 0.25) is 0 Å². The van der Waals surface area contributed by atoms with Crippen LogP contribution >= 0.6 is 24.8 Å². The number of carbonyl (C=O) groups is 1. The maximum Gasteiger partial charge on any atom is 0.416 e. The number of H-pyrrole nitrogens is 2. The Balaban J connectivity index is 0.00000240. The smallest absolute Gasteiger partial charge is 0.378 e. The number of para-hydroxylation sites is 1. The Bertz CT molecular complexity index is 1610. The molecule has 4 aromatic rings. The predicted molar refractivity (Wildman–Crippen MR) is 162 cm³/mol. The van der Waals surface area contributed by atoms with E-state index in [1.54, 1.807) is 0 Å². The zero-order chi connectivity index (χ0) is 31.1. The maximum atomic E-state index is 13.8. The maximum absolute atomic E-state index is 13.8. The number of amides is 1. The lowest BCUT2D eigenvalue weighted by atomic mass is 9.98. The van der Waals surface area contributed by atoms with E-state index in [-0.39, 0.29) is 37.4 Å². The van der Waals surface area contributed by atoms with Gasteiger partial charge in [-0.2, -0.15) is 36.7 Å². The molecule has 6 rings (SSSR count). The monoisotopic (exact) mass is 693 g/mol. The molecule has 2 aliphatic heterocycles. The van der Waals surface area contributed by atoms with Gasteiger partial charge in [-0.05, 0) is 36.2 Å². The summed E-state index contributed by atoms with van der Waals surface area (Å²) in [5.74, 6) is -0.190. The van der Waals surface area contributed by atoms with Crippen LogP contribution in [0.1, 0.15) is 32.7 Å². The summed E-state index contributed by atoms with van der Waals surface area (Å²) in [5.41, 5.74) is -1.26. The zero-order valence-corrected chi connectivity index (χ0v) is 25.8. The summed E-state index contributed by atoms with van der Waals surface area (Å²) in [6.45, 7) is 3.55. The highest BCUT2D eigenvalue weighted by molar-refractivity contribution is 5.95. The van der Waals surface area contributed by atoms with Crippen LogP contribution in [0.3, 0.4) is 0 Å². The number of nitrogens with one attached hydrogen (secondary N) is 2. The number of alkyl halides is 6. The SMILES string of the molecule is Cl.Cl.O=C(c1cc(C(F)(F)F)cc(C(F)(F)F)c1)N1CCN(Cc2n[nH]nc2N2CCOCC2)C[C@H]1Cc1c[nH]c2ccccc12. The number of aromatic amines is 2. The van der Waals surface area contributed by atoms with Gasteiger partial charge in [0, 0.05) is 68.0 Å². The summed E-state index contributed by atoms with van der Waals surface area (Å²) in [7, 11) is 0. The van der Waals surface area contributed by atoms with Gasteiger partial charge in [0.15, 0.2) is 5.82 Å². The summed E-state index contributed by atoms with van der Waals surface area (Å²) < 4.78 is 87.0. The van der Waals surface area contributed by atoms with E-state index >= 15 is 0 Å². The fourth-order valence-electron chi connectivity index (χ4n) is 5.90. The summed E-state index contributed by atoms with van der Waals surface area (Å²) in [4.78, 5) is 22.5. The lowest BCUT2D eigenvalue weighted by Gasteiger charge is -2.41. The number of nitrogens with zero attached hydrogens (tertiary/aromatic N) is 5. The van der Waals surface area contributed by atoms with Crippen molar-refractivity contribution in [3.63, 3.8) is 0 Å². The fourth-order valence-corrected chi connectivity index (χ4v) is 5.90. The Morgan fingerprint density at radius 3 is 2.26 bits per heavy atom. The molecule has 0 unspecified atom stereocenters. The first-order chi connectivity index (χ1) is 21.0. The third kappa shape index (κ3) is 7.54. The van der Waals surface area contributed by atoms with Crippen LogP contribution in [-0.4, -0.2) is 88.1 Å². The van der Waals surface area contributed by atoms with E-state index in [4.69, 9.17) is 4.74 Å². The third-order valence-corrected chi connectivity index (χ3v) is 8.08. The zero-order valence-electron chi connectivity index (χ0n) is 24.2. The normalized spacial score (nSPS) is 17.9. The number of hydrogen-bond donors (Lipinski definition) is 2. The molecule has 2 aliphatic rings. The van der Waals surface area contributed by atoms with Gasteiger partial charge >= 0.3 is 12.4 Å². The molecule has 9 nitrogen and oxygen atoms in total. The molecule has 1 atom stereocenters. The predicted octanol–water partition coefficient (Wildman–Crippen LogP) is 5.57. The molecule has 46 heavy (non-hydrogen) atoms. The van der Waals surface area contributed by atoms with Crippen molar-refractivity contribution in [1.82, 2.24) is 30.2 Å². The molecular weight excluding hydrogens is 663 g/mol. The molecule has 1 amide bonds. The first kappa shape index (κ1) is 35.3. The number of ether oxygens (including phenoxy) is 1. The summed E-state index contributed by atoms with van der Waals surface area (Å²) >= 11 is 0. The van der Waals surface area contributed by atoms with Crippen LogP contribution in [0.5, 0.6) is 0 Å². The second-order valence-corrected chi connectivity index (χ2v) is 10.9. The minimum atomic E-state index is -5.06. The second-order valence-electron chi connectivity index (χ2n) is 10.9. The average molecular weight is 695 g/mol. The van der Waals surface area contributed by atoms with E-state index in [9.17, 15) is 31.1 Å². The lowest BCUT2D eigenvalue weighted by Crippen LogP contribution is -2.55. The molecule has 2 saturated heterocycles.